The molecule has 0 saturated carbocycles. The molecule has 0 radical (unpaired) electrons. The van der Waals surface area contributed by atoms with Crippen LogP contribution < -0.4 is 0 Å². The van der Waals surface area contributed by atoms with Crippen LogP contribution in [0.4, 0.5) is 0 Å². The molecule has 6 heteroatoms. The van der Waals surface area contributed by atoms with Gasteiger partial charge in [0, 0.05) is 5.75 Å². The Morgan fingerprint density at radius 1 is 1.21 bits per heavy atom. The van der Waals surface area contributed by atoms with Gasteiger partial charge in [0.05, 0.1) is 13.2 Å². The standard InChI is InChI=1S/C13H19O4PS/c1-4-15-18(14,16-5-2)17-12(3)19-11-13-9-7-6-8-10-13/h6-10H,3-5,11H2,1-2H3. The average Bonchev–Trinajstić information content (AvgIpc) is 2.38. The van der Waals surface area contributed by atoms with Crippen LogP contribution in [0.15, 0.2) is 42.0 Å². The van der Waals surface area contributed by atoms with Crippen LogP contribution in [0, 0.1) is 0 Å². The zero-order valence-corrected chi connectivity index (χ0v) is 12.9. The third kappa shape index (κ3) is 6.30. The van der Waals surface area contributed by atoms with Crippen LogP contribution in [-0.4, -0.2) is 13.2 Å². The number of thioether (sulfide) groups is 1. The van der Waals surface area contributed by atoms with Crippen molar-refractivity contribution in [1.82, 2.24) is 0 Å². The second-order valence-electron chi connectivity index (χ2n) is 3.52. The molecule has 0 aromatic heterocycles. The summed E-state index contributed by atoms with van der Waals surface area (Å²) in [5, 5.41) is 0.328. The third-order valence-electron chi connectivity index (χ3n) is 2.03. The first kappa shape index (κ1) is 16.3. The minimum Gasteiger partial charge on any atom is -0.398 e. The Kier molecular flexibility index (Phi) is 7.24. The molecule has 0 spiro atoms. The van der Waals surface area contributed by atoms with Gasteiger partial charge in [-0.05, 0) is 26.0 Å². The van der Waals surface area contributed by atoms with Gasteiger partial charge in [-0.1, -0.05) is 42.1 Å². The van der Waals surface area contributed by atoms with E-state index < -0.39 is 7.82 Å². The molecular formula is C13H19O4PS. The van der Waals surface area contributed by atoms with Gasteiger partial charge in [0.15, 0.2) is 5.09 Å². The van der Waals surface area contributed by atoms with E-state index >= 15 is 0 Å². The Morgan fingerprint density at radius 2 is 1.79 bits per heavy atom. The van der Waals surface area contributed by atoms with E-state index in [4.69, 9.17) is 13.6 Å². The van der Waals surface area contributed by atoms with Crippen molar-refractivity contribution in [2.45, 2.75) is 19.6 Å². The summed E-state index contributed by atoms with van der Waals surface area (Å²) in [5.41, 5.74) is 1.14. The monoisotopic (exact) mass is 302 g/mol. The molecule has 106 valence electrons. The summed E-state index contributed by atoms with van der Waals surface area (Å²) in [5.74, 6) is 0.692. The molecule has 1 rings (SSSR count). The highest BCUT2D eigenvalue weighted by Gasteiger charge is 2.27. The first-order valence-electron chi connectivity index (χ1n) is 6.04. The fourth-order valence-corrected chi connectivity index (χ4v) is 3.36. The van der Waals surface area contributed by atoms with Gasteiger partial charge in [-0.25, -0.2) is 4.57 Å². The number of phosphoric ester groups is 1. The molecule has 0 saturated heterocycles. The van der Waals surface area contributed by atoms with Crippen molar-refractivity contribution >= 4 is 19.6 Å². The molecule has 0 amide bonds. The van der Waals surface area contributed by atoms with Crippen molar-refractivity contribution < 1.29 is 18.1 Å². The largest absolute Gasteiger partial charge is 0.530 e. The molecule has 0 bridgehead atoms. The highest BCUT2D eigenvalue weighted by molar-refractivity contribution is 8.02. The number of benzene rings is 1. The van der Waals surface area contributed by atoms with E-state index in [2.05, 4.69) is 6.58 Å². The molecule has 0 N–H and O–H groups in total. The van der Waals surface area contributed by atoms with Gasteiger partial charge >= 0.3 is 7.82 Å². The van der Waals surface area contributed by atoms with Crippen LogP contribution >= 0.6 is 19.6 Å². The number of hydrogen-bond acceptors (Lipinski definition) is 5. The summed E-state index contributed by atoms with van der Waals surface area (Å²) in [4.78, 5) is 0. The summed E-state index contributed by atoms with van der Waals surface area (Å²) in [6.45, 7) is 7.71. The minimum atomic E-state index is -3.52. The first-order chi connectivity index (χ1) is 9.09. The number of hydrogen-bond donors (Lipinski definition) is 0. The normalized spacial score (nSPS) is 11.3. The van der Waals surface area contributed by atoms with Crippen LogP contribution in [0.2, 0.25) is 0 Å². The van der Waals surface area contributed by atoms with Crippen LogP contribution in [0.5, 0.6) is 0 Å². The predicted molar refractivity (Wildman–Crippen MR) is 78.8 cm³/mol. The van der Waals surface area contributed by atoms with Gasteiger partial charge in [0.25, 0.3) is 0 Å². The van der Waals surface area contributed by atoms with Gasteiger partial charge in [0.1, 0.15) is 0 Å². The van der Waals surface area contributed by atoms with Crippen LogP contribution in [0.25, 0.3) is 0 Å². The summed E-state index contributed by atoms with van der Waals surface area (Å²) < 4.78 is 27.4. The van der Waals surface area contributed by atoms with E-state index in [1.54, 1.807) is 13.8 Å². The summed E-state index contributed by atoms with van der Waals surface area (Å²) in [6.07, 6.45) is 0. The zero-order chi connectivity index (χ0) is 14.1. The number of phosphoric acid groups is 1. The van der Waals surface area contributed by atoms with Crippen LogP contribution in [-0.2, 0) is 23.9 Å². The quantitative estimate of drug-likeness (QED) is 0.493. The van der Waals surface area contributed by atoms with Crippen molar-refractivity contribution in [3.8, 4) is 0 Å². The van der Waals surface area contributed by atoms with E-state index in [-0.39, 0.29) is 13.2 Å². The lowest BCUT2D eigenvalue weighted by Crippen LogP contribution is -1.98. The van der Waals surface area contributed by atoms with E-state index in [1.807, 2.05) is 30.3 Å². The molecule has 19 heavy (non-hydrogen) atoms. The molecule has 0 unspecified atom stereocenters. The average molecular weight is 302 g/mol. The summed E-state index contributed by atoms with van der Waals surface area (Å²) in [7, 11) is -3.52. The topological polar surface area (TPSA) is 44.8 Å². The summed E-state index contributed by atoms with van der Waals surface area (Å²) >= 11 is 1.36. The van der Waals surface area contributed by atoms with Gasteiger partial charge in [0.2, 0.25) is 0 Å². The molecule has 1 aromatic carbocycles. The van der Waals surface area contributed by atoms with Gasteiger partial charge in [-0.2, -0.15) is 0 Å². The second-order valence-corrected chi connectivity index (χ2v) is 6.15. The van der Waals surface area contributed by atoms with E-state index in [9.17, 15) is 4.57 Å². The maximum Gasteiger partial charge on any atom is 0.530 e. The maximum atomic E-state index is 12.1. The first-order valence-corrected chi connectivity index (χ1v) is 8.48. The molecule has 0 fully saturated rings. The SMILES string of the molecule is C=C(OP(=O)(OCC)OCC)SCc1ccccc1. The molecule has 1 aromatic rings. The molecule has 0 heterocycles. The smallest absolute Gasteiger partial charge is 0.398 e. The highest BCUT2D eigenvalue weighted by Crippen LogP contribution is 2.52. The van der Waals surface area contributed by atoms with Gasteiger partial charge in [-0.3, -0.25) is 9.05 Å². The minimum absolute atomic E-state index is 0.258. The van der Waals surface area contributed by atoms with Crippen molar-refractivity contribution in [3.05, 3.63) is 47.6 Å². The molecule has 0 aliphatic carbocycles. The van der Waals surface area contributed by atoms with E-state index in [1.165, 1.54) is 11.8 Å². The molecular weight excluding hydrogens is 283 g/mol. The Bertz CT molecular complexity index is 426. The van der Waals surface area contributed by atoms with E-state index in [0.717, 1.165) is 5.56 Å². The second kappa shape index (κ2) is 8.43. The molecule has 0 atom stereocenters. The van der Waals surface area contributed by atoms with E-state index in [0.29, 0.717) is 10.8 Å². The molecule has 0 aliphatic rings. The maximum absolute atomic E-state index is 12.1. The fourth-order valence-electron chi connectivity index (χ4n) is 1.30. The molecule has 0 aliphatic heterocycles. The number of rotatable bonds is 9. The van der Waals surface area contributed by atoms with Gasteiger partial charge in [-0.15, -0.1) is 0 Å². The van der Waals surface area contributed by atoms with Crippen molar-refractivity contribution in [3.63, 3.8) is 0 Å². The predicted octanol–water partition coefficient (Wildman–Crippen LogP) is 4.59. The Labute approximate surface area is 118 Å². The van der Waals surface area contributed by atoms with Crippen molar-refractivity contribution in [2.75, 3.05) is 13.2 Å². The lowest BCUT2D eigenvalue weighted by Gasteiger charge is -2.17. The summed E-state index contributed by atoms with van der Waals surface area (Å²) in [6, 6.07) is 9.89. The zero-order valence-electron chi connectivity index (χ0n) is 11.2. The van der Waals surface area contributed by atoms with Crippen molar-refractivity contribution in [1.29, 1.82) is 0 Å². The van der Waals surface area contributed by atoms with Crippen molar-refractivity contribution in [2.24, 2.45) is 0 Å². The Morgan fingerprint density at radius 3 is 2.32 bits per heavy atom. The Balaban J connectivity index is 2.47. The fraction of sp³-hybridized carbons (Fsp3) is 0.385. The third-order valence-corrected chi connectivity index (χ3v) is 4.63. The highest BCUT2D eigenvalue weighted by atomic mass is 32.2. The van der Waals surface area contributed by atoms with Crippen LogP contribution in [0.1, 0.15) is 19.4 Å². The van der Waals surface area contributed by atoms with Crippen LogP contribution in [0.3, 0.4) is 0 Å². The Hall–Kier alpha value is -0.740. The lowest BCUT2D eigenvalue weighted by molar-refractivity contribution is 0.151. The lowest BCUT2D eigenvalue weighted by atomic mass is 10.2. The molecule has 4 nitrogen and oxygen atoms in total. The van der Waals surface area contributed by atoms with Gasteiger partial charge < -0.3 is 4.52 Å².